The van der Waals surface area contributed by atoms with Gasteiger partial charge >= 0.3 is 29.6 Å². The average molecular weight is 1470 g/mol. The highest BCUT2D eigenvalue weighted by Gasteiger charge is 2.81. The van der Waals surface area contributed by atoms with Crippen molar-refractivity contribution in [3.63, 3.8) is 0 Å². The van der Waals surface area contributed by atoms with Crippen LogP contribution < -0.4 is 42.5 Å². The number of piperidine rings is 1. The van der Waals surface area contributed by atoms with Gasteiger partial charge < -0.3 is 55.4 Å². The number of esters is 3. The molecule has 5 aliphatic heterocycles. The Kier molecular flexibility index (Phi) is 24.4. The van der Waals surface area contributed by atoms with Gasteiger partial charge in [0.1, 0.15) is 17.5 Å². The largest absolute Gasteiger partial charge is 0.496 e. The fourth-order valence-corrected chi connectivity index (χ4v) is 17.6. The van der Waals surface area contributed by atoms with Gasteiger partial charge in [-0.25, -0.2) is 23.8 Å². The molecule has 7 aliphatic rings. The molecule has 2 saturated heterocycles. The molecule has 10 atom stereocenters. The number of nitrogens with zero attached hydrogens (tertiary/aromatic N) is 10. The summed E-state index contributed by atoms with van der Waals surface area (Å²) in [7, 11) is 7.36. The number of imidazole rings is 1. The number of aryl methyl sites for hydroxylation is 1. The van der Waals surface area contributed by atoms with E-state index in [1.807, 2.05) is 95.4 Å². The van der Waals surface area contributed by atoms with Gasteiger partial charge in [0.25, 0.3) is 11.8 Å². The number of nitrogens with one attached hydrogen (secondary N) is 5. The smallest absolute Gasteiger partial charge is 0.352 e. The van der Waals surface area contributed by atoms with Crippen LogP contribution in [0.3, 0.4) is 0 Å². The first-order valence-electron chi connectivity index (χ1n) is 35.6. The summed E-state index contributed by atoms with van der Waals surface area (Å²) in [6.45, 7) is 13.0. The molecule has 32 heteroatoms. The number of benzene rings is 3. The van der Waals surface area contributed by atoms with Crippen LogP contribution >= 0.6 is 11.6 Å². The second kappa shape index (κ2) is 32.6. The van der Waals surface area contributed by atoms with Crippen molar-refractivity contribution in [2.45, 2.75) is 164 Å². The third-order valence-corrected chi connectivity index (χ3v) is 22.1. The van der Waals surface area contributed by atoms with Gasteiger partial charge in [-0.2, -0.15) is 9.69 Å². The Bertz CT molecular complexity index is 4300. The maximum absolute atomic E-state index is 15.3. The third kappa shape index (κ3) is 14.7. The number of carbonyl (C=O) groups is 7. The molecule has 2 bridgehead atoms. The molecule has 0 radical (unpaired) electrons. The highest BCUT2D eigenvalue weighted by Crippen LogP contribution is 2.68. The number of nitroso groups, excluding NO2 is 1. The summed E-state index contributed by atoms with van der Waals surface area (Å²) in [4.78, 5) is 126. The number of carbonyl (C=O) groups excluding carboxylic acids is 7. The van der Waals surface area contributed by atoms with Gasteiger partial charge in [0.15, 0.2) is 17.4 Å². The third-order valence-electron chi connectivity index (χ3n) is 21.9. The molecule has 4 fully saturated rings. The quantitative estimate of drug-likeness (QED) is 0.0110. The van der Waals surface area contributed by atoms with Gasteiger partial charge in [-0.3, -0.25) is 44.6 Å². The Hall–Kier alpha value is -9.24. The van der Waals surface area contributed by atoms with Gasteiger partial charge in [0.2, 0.25) is 12.0 Å². The molecular formula is C73H97ClN16O15. The number of anilines is 1. The van der Waals surface area contributed by atoms with Crippen molar-refractivity contribution in [3.8, 4) is 5.75 Å². The van der Waals surface area contributed by atoms with Crippen LogP contribution in [0.1, 0.15) is 148 Å². The van der Waals surface area contributed by atoms with Gasteiger partial charge in [-0.05, 0) is 126 Å². The Labute approximate surface area is 613 Å². The number of alkyl halides is 1. The molecule has 13 rings (SSSR count). The molecule has 2 aliphatic carbocycles. The van der Waals surface area contributed by atoms with Crippen molar-refractivity contribution in [2.24, 2.45) is 29.4 Å². The van der Waals surface area contributed by atoms with E-state index < -0.39 is 81.2 Å². The average Bonchev–Trinajstić information content (AvgIpc) is 1.50. The van der Waals surface area contributed by atoms with Gasteiger partial charge in [-0.15, -0.1) is 21.6 Å². The normalized spacial score (nSPS) is 26.3. The summed E-state index contributed by atoms with van der Waals surface area (Å²) in [5, 5.41) is 42.5. The number of rotatable bonds is 18. The van der Waals surface area contributed by atoms with E-state index in [4.69, 9.17) is 36.3 Å². The Morgan fingerprint density at radius 3 is 2.30 bits per heavy atom. The van der Waals surface area contributed by atoms with Crippen LogP contribution in [0, 0.1) is 16.2 Å². The highest BCUT2D eigenvalue weighted by molar-refractivity contribution is 6.18. The number of fused-ring (bicyclic) bond motifs is 7. The van der Waals surface area contributed by atoms with Crippen molar-refractivity contribution in [3.05, 3.63) is 134 Å². The molecule has 1 unspecified atom stereocenters. The molecule has 105 heavy (non-hydrogen) atoms. The van der Waals surface area contributed by atoms with Crippen LogP contribution in [0.5, 0.6) is 5.75 Å². The van der Waals surface area contributed by atoms with E-state index >= 15 is 4.79 Å². The van der Waals surface area contributed by atoms with E-state index in [9.17, 15) is 48.7 Å². The van der Waals surface area contributed by atoms with Gasteiger partial charge in [-0.1, -0.05) is 80.8 Å². The Morgan fingerprint density at radius 2 is 1.67 bits per heavy atom. The molecule has 9 N–H and O–H groups in total. The van der Waals surface area contributed by atoms with E-state index in [2.05, 4.69) is 62.9 Å². The molecule has 3 aromatic carbocycles. The lowest BCUT2D eigenvalue weighted by Gasteiger charge is -2.63. The van der Waals surface area contributed by atoms with Gasteiger partial charge in [0, 0.05) is 115 Å². The zero-order valence-corrected chi connectivity index (χ0v) is 61.9. The summed E-state index contributed by atoms with van der Waals surface area (Å²) in [5.41, 5.74) is 9.12. The lowest BCUT2D eigenvalue weighted by Crippen LogP contribution is -2.81. The minimum absolute atomic E-state index is 0.0249. The van der Waals surface area contributed by atoms with Gasteiger partial charge in [0.05, 0.1) is 50.5 Å². The monoisotopic (exact) mass is 1470 g/mol. The number of hydrogen-bond acceptors (Lipinski definition) is 23. The summed E-state index contributed by atoms with van der Waals surface area (Å²) >= 11 is 5.44. The molecule has 6 aromatic rings. The first-order chi connectivity index (χ1) is 50.3. The summed E-state index contributed by atoms with van der Waals surface area (Å²) < 4.78 is 25.8. The number of nitrogens with two attached hydrogens (primary N) is 1. The second-order valence-electron chi connectivity index (χ2n) is 28.4. The topological polar surface area (TPSA) is 394 Å². The lowest BCUT2D eigenvalue weighted by molar-refractivity contribution is -0.228. The number of H-pyrrole nitrogens is 1. The number of aromatic amines is 1. The van der Waals surface area contributed by atoms with E-state index in [1.165, 1.54) is 52.9 Å². The molecule has 31 nitrogen and oxygen atoms in total. The number of halogens is 1. The van der Waals surface area contributed by atoms with Crippen LogP contribution in [0.4, 0.5) is 10.5 Å². The first-order valence-corrected chi connectivity index (χ1v) is 36.1. The fourth-order valence-electron chi connectivity index (χ4n) is 17.5. The number of hydrazine groups is 1. The minimum Gasteiger partial charge on any atom is -0.496 e. The van der Waals surface area contributed by atoms with Crippen LogP contribution in [0.2, 0.25) is 0 Å². The minimum atomic E-state index is -2.53. The standard InChI is InChI=1S/C46H56N4O10.C12H19N3O.C9H16ClN3O2.C6H6N6O2/c1-7-42(55)22-28-23-45(40(53)58-5,36-30(14-18-48(24-28)25-42)29-12-9-10-13-33(29)47-36)32-20-31-34(21-35(32)57-4)50(26-51)38-44(31)16-19-49-17-11-15-43(8-2,37(44)49)39(60-27(3)52)46(38,56)41(54)59-6;1-9(2)15-12(16)11-6-4-10(5-7-11)8-14-13-3;10-6-7-13(12-15)9(14)11-8-4-2-1-3-5-8;1-11-6(14)12-2-8-3(4(7)13)5(12)9-10-11/h9-13,15,20-21,26,28,37-39,47,55-56H,7-8,14,16-19,22-25H2,1-6H3;4-7,9,13-14H,8H2,1-3H3,(H,15,16);8H,1-7H2,(H,11,14);2H,1H3,(H2,7,13)/t28-,37+,38-,39-,42+,43-,44-,45+,46+;;;/m1.../s1. The van der Waals surface area contributed by atoms with Crippen molar-refractivity contribution in [1.29, 1.82) is 0 Å². The number of amides is 5. The highest BCUT2D eigenvalue weighted by atomic mass is 35.5. The summed E-state index contributed by atoms with van der Waals surface area (Å²) in [5.74, 6) is -2.62. The zero-order chi connectivity index (χ0) is 75.9. The fraction of sp³-hybridized carbons (Fsp3) is 0.548. The SMILES string of the molecule is CC[C@]1(O)C[C@H]2CN(CCc3c([nH]c4ccccc34)[C@@](C(=O)OC)(c3cc4c(cc3OC)N(C=O)[C@H]3[C@@](O)(C(=O)OC)[C@H](OC(C)=O)[C@]5(CC)C=CCN6CC[C@]43[C@@H]65)C2)C1.CNNCc1ccc(C(=O)NC(C)C)cc1.Cn1nnc2c(C(N)=O)ncn2c1=O.O=NN(CCCl)C(=O)NC1CCCCC1. The molecule has 566 valence electrons. The van der Waals surface area contributed by atoms with E-state index in [1.54, 1.807) is 6.07 Å². The van der Waals surface area contributed by atoms with Crippen molar-refractivity contribution >= 4 is 76.0 Å². The van der Waals surface area contributed by atoms with Crippen molar-refractivity contribution in [2.75, 3.05) is 78.4 Å². The summed E-state index contributed by atoms with van der Waals surface area (Å²) in [6.07, 6.45) is 12.5. The van der Waals surface area contributed by atoms with Crippen LogP contribution in [0.25, 0.3) is 16.6 Å². The van der Waals surface area contributed by atoms with E-state index in [-0.39, 0.29) is 54.1 Å². The number of methoxy groups -OCH3 is 3. The number of aliphatic hydroxyl groups is 2. The lowest BCUT2D eigenvalue weighted by atomic mass is 9.47. The molecule has 8 heterocycles. The van der Waals surface area contributed by atoms with Crippen molar-refractivity contribution in [1.82, 2.24) is 65.7 Å². The predicted molar refractivity (Wildman–Crippen MR) is 389 cm³/mol. The maximum Gasteiger partial charge on any atom is 0.352 e. The number of ether oxygens (including phenoxy) is 4. The van der Waals surface area contributed by atoms with Crippen LogP contribution in [-0.4, -0.2) is 212 Å². The molecular weight excluding hydrogens is 1380 g/mol. The number of aromatic nitrogens is 6. The van der Waals surface area contributed by atoms with E-state index in [0.29, 0.717) is 105 Å². The molecule has 3 aromatic heterocycles. The van der Waals surface area contributed by atoms with Crippen LogP contribution in [-0.2, 0) is 64.2 Å². The Morgan fingerprint density at radius 1 is 0.943 bits per heavy atom. The van der Waals surface area contributed by atoms with E-state index in [0.717, 1.165) is 68.3 Å². The first kappa shape index (κ1) is 78.4. The maximum atomic E-state index is 15.3. The van der Waals surface area contributed by atoms with Crippen molar-refractivity contribution < 1.29 is 62.7 Å². The number of primary amides is 1. The van der Waals surface area contributed by atoms with Crippen LogP contribution in [0.15, 0.2) is 89.2 Å². The molecule has 5 amide bonds. The number of urea groups is 1. The number of para-hydroxylation sites is 1. The zero-order valence-electron chi connectivity index (χ0n) is 61.1. The molecule has 1 spiro atoms. The Balaban J connectivity index is 0.000000210. The number of hydrogen-bond donors (Lipinski definition) is 8. The molecule has 2 saturated carbocycles. The summed E-state index contributed by atoms with van der Waals surface area (Å²) in [6, 6.07) is 17.5. The second-order valence-corrected chi connectivity index (χ2v) is 28.7. The predicted octanol–water partition coefficient (Wildman–Crippen LogP) is 4.74.